The van der Waals surface area contributed by atoms with E-state index in [4.69, 9.17) is 0 Å². The van der Waals surface area contributed by atoms with Crippen molar-refractivity contribution in [1.29, 1.82) is 0 Å². The highest BCUT2D eigenvalue weighted by Gasteiger charge is 2.43. The number of halogens is 3. The molecule has 0 unspecified atom stereocenters. The highest BCUT2D eigenvalue weighted by atomic mass is 19.4. The molecule has 2 aromatic rings. The maximum Gasteiger partial charge on any atom is 0.417 e. The van der Waals surface area contributed by atoms with E-state index in [0.29, 0.717) is 23.1 Å². The predicted molar refractivity (Wildman–Crippen MR) is 91.9 cm³/mol. The van der Waals surface area contributed by atoms with Gasteiger partial charge in [-0.1, -0.05) is 18.2 Å². The third kappa shape index (κ3) is 2.21. The second-order valence-electron chi connectivity index (χ2n) is 7.23. The zero-order valence-electron chi connectivity index (χ0n) is 13.7. The van der Waals surface area contributed by atoms with Crippen molar-refractivity contribution in [1.82, 2.24) is 5.32 Å². The van der Waals surface area contributed by atoms with Crippen molar-refractivity contribution in [3.63, 3.8) is 0 Å². The summed E-state index contributed by atoms with van der Waals surface area (Å²) < 4.78 is 40.3. The van der Waals surface area contributed by atoms with E-state index in [1.54, 1.807) is 12.1 Å². The molecule has 5 rings (SSSR count). The summed E-state index contributed by atoms with van der Waals surface area (Å²) in [6, 6.07) is 10.4. The van der Waals surface area contributed by atoms with Crippen LogP contribution < -0.4 is 10.2 Å². The first kappa shape index (κ1) is 15.3. The summed E-state index contributed by atoms with van der Waals surface area (Å²) in [5.41, 5.74) is 4.19. The van der Waals surface area contributed by atoms with Gasteiger partial charge in [0.2, 0.25) is 0 Å². The van der Waals surface area contributed by atoms with Crippen LogP contribution in [0.2, 0.25) is 0 Å². The fraction of sp³-hybridized carbons (Fsp3) is 0.400. The maximum absolute atomic E-state index is 13.4. The van der Waals surface area contributed by atoms with Crippen LogP contribution in [0.5, 0.6) is 0 Å². The van der Waals surface area contributed by atoms with Gasteiger partial charge in [0.05, 0.1) is 5.56 Å². The smallest absolute Gasteiger partial charge is 0.367 e. The van der Waals surface area contributed by atoms with E-state index in [0.717, 1.165) is 32.5 Å². The molecular formula is C20H19F3N2. The van der Waals surface area contributed by atoms with Crippen molar-refractivity contribution in [2.24, 2.45) is 0 Å². The summed E-state index contributed by atoms with van der Waals surface area (Å²) in [7, 11) is 0. The molecule has 3 aliphatic heterocycles. The Balaban J connectivity index is 1.68. The molecule has 1 fully saturated rings. The number of nitrogens with zero attached hydrogens (tertiary/aromatic N) is 1. The molecule has 130 valence electrons. The van der Waals surface area contributed by atoms with Crippen LogP contribution in [0.3, 0.4) is 0 Å². The third-order valence-electron chi connectivity index (χ3n) is 5.92. The summed E-state index contributed by atoms with van der Waals surface area (Å²) >= 11 is 0. The first-order valence-corrected chi connectivity index (χ1v) is 8.85. The largest absolute Gasteiger partial charge is 0.417 e. The number of piperidine rings is 1. The van der Waals surface area contributed by atoms with Crippen LogP contribution >= 0.6 is 0 Å². The summed E-state index contributed by atoms with van der Waals surface area (Å²) in [5.74, 6) is 0.390. The van der Waals surface area contributed by atoms with Crippen LogP contribution in [-0.2, 0) is 12.6 Å². The van der Waals surface area contributed by atoms with E-state index >= 15 is 0 Å². The van der Waals surface area contributed by atoms with E-state index in [9.17, 15) is 13.2 Å². The summed E-state index contributed by atoms with van der Waals surface area (Å²) in [5, 5.41) is 3.45. The Morgan fingerprint density at radius 2 is 1.96 bits per heavy atom. The molecule has 3 heterocycles. The number of hydrogen-bond acceptors (Lipinski definition) is 2. The van der Waals surface area contributed by atoms with E-state index in [1.807, 2.05) is 12.1 Å². The van der Waals surface area contributed by atoms with Crippen LogP contribution in [0.15, 0.2) is 36.4 Å². The molecule has 0 bridgehead atoms. The van der Waals surface area contributed by atoms with Crippen LogP contribution in [0, 0.1) is 0 Å². The van der Waals surface area contributed by atoms with Gasteiger partial charge in [0.25, 0.3) is 0 Å². The van der Waals surface area contributed by atoms with Crippen LogP contribution in [0.4, 0.5) is 18.9 Å². The van der Waals surface area contributed by atoms with Gasteiger partial charge in [0.15, 0.2) is 0 Å². The highest BCUT2D eigenvalue weighted by Crippen LogP contribution is 2.50. The molecule has 2 nitrogen and oxygen atoms in total. The lowest BCUT2D eigenvalue weighted by atomic mass is 9.86. The lowest BCUT2D eigenvalue weighted by molar-refractivity contribution is -0.137. The lowest BCUT2D eigenvalue weighted by Gasteiger charge is -2.32. The standard InChI is InChI=1S/C20H19F3N2/c21-20(22,23)17-4-2-1-3-14(17)13-9-12-6-8-25-18-5-7-24-11-16(18)15(10-13)19(12)25/h1-4,9-10,16,18,24H,5-8,11H2/t16-,18-/m0/s1. The first-order chi connectivity index (χ1) is 12.0. The minimum atomic E-state index is -4.34. The number of alkyl halides is 3. The quantitative estimate of drug-likeness (QED) is 0.834. The van der Waals surface area contributed by atoms with E-state index < -0.39 is 11.7 Å². The van der Waals surface area contributed by atoms with Crippen molar-refractivity contribution >= 4 is 5.69 Å². The number of rotatable bonds is 1. The zero-order valence-corrected chi connectivity index (χ0v) is 13.7. The summed E-state index contributed by atoms with van der Waals surface area (Å²) in [6.45, 7) is 2.93. The van der Waals surface area contributed by atoms with Gasteiger partial charge in [-0.15, -0.1) is 0 Å². The van der Waals surface area contributed by atoms with Gasteiger partial charge in [0.1, 0.15) is 0 Å². The second-order valence-corrected chi connectivity index (χ2v) is 7.23. The SMILES string of the molecule is FC(F)(F)c1ccccc1-c1cc2c3c(c1)[C@@H]1CNCC[C@@H]1N3CC2. The number of fused-ring (bicyclic) bond motifs is 3. The Bertz CT molecular complexity index is 843. The second kappa shape index (κ2) is 5.24. The van der Waals surface area contributed by atoms with E-state index in [2.05, 4.69) is 10.2 Å². The molecule has 0 aromatic heterocycles. The van der Waals surface area contributed by atoms with Gasteiger partial charge < -0.3 is 10.2 Å². The molecule has 0 radical (unpaired) electrons. The number of anilines is 1. The zero-order chi connectivity index (χ0) is 17.2. The molecule has 2 atom stereocenters. The van der Waals surface area contributed by atoms with Crippen LogP contribution in [0.1, 0.15) is 29.0 Å². The fourth-order valence-electron chi connectivity index (χ4n) is 4.90. The molecule has 1 N–H and O–H groups in total. The van der Waals surface area contributed by atoms with Crippen molar-refractivity contribution < 1.29 is 13.2 Å². The number of nitrogens with one attached hydrogen (secondary N) is 1. The van der Waals surface area contributed by atoms with Gasteiger partial charge in [-0.2, -0.15) is 13.2 Å². The van der Waals surface area contributed by atoms with E-state index in [-0.39, 0.29) is 0 Å². The molecule has 0 spiro atoms. The minimum absolute atomic E-state index is 0.291. The minimum Gasteiger partial charge on any atom is -0.367 e. The van der Waals surface area contributed by atoms with Crippen molar-refractivity contribution in [3.8, 4) is 11.1 Å². The molecule has 1 saturated heterocycles. The van der Waals surface area contributed by atoms with Crippen molar-refractivity contribution in [2.45, 2.75) is 31.0 Å². The normalized spacial score (nSPS) is 24.4. The highest BCUT2D eigenvalue weighted by molar-refractivity contribution is 5.79. The molecule has 5 heteroatoms. The first-order valence-electron chi connectivity index (χ1n) is 8.85. The summed E-state index contributed by atoms with van der Waals surface area (Å²) in [6.07, 6.45) is -2.30. The van der Waals surface area contributed by atoms with Crippen molar-refractivity contribution in [3.05, 3.63) is 53.1 Å². The molecular weight excluding hydrogens is 325 g/mol. The van der Waals surface area contributed by atoms with Gasteiger partial charge in [-0.25, -0.2) is 0 Å². The monoisotopic (exact) mass is 344 g/mol. The van der Waals surface area contributed by atoms with Crippen LogP contribution in [-0.4, -0.2) is 25.7 Å². The Hall–Kier alpha value is -2.01. The van der Waals surface area contributed by atoms with Crippen LogP contribution in [0.25, 0.3) is 11.1 Å². The molecule has 3 aliphatic rings. The Kier molecular flexibility index (Phi) is 3.20. The van der Waals surface area contributed by atoms with Crippen molar-refractivity contribution in [2.75, 3.05) is 24.5 Å². The average molecular weight is 344 g/mol. The van der Waals surface area contributed by atoms with Gasteiger partial charge in [-0.3, -0.25) is 0 Å². The third-order valence-corrected chi connectivity index (χ3v) is 5.92. The molecule has 2 aromatic carbocycles. The molecule has 0 aliphatic carbocycles. The van der Waals surface area contributed by atoms with Gasteiger partial charge in [0, 0.05) is 30.7 Å². The maximum atomic E-state index is 13.4. The van der Waals surface area contributed by atoms with Gasteiger partial charge >= 0.3 is 6.18 Å². The Morgan fingerprint density at radius 1 is 1.12 bits per heavy atom. The molecule has 0 saturated carbocycles. The average Bonchev–Trinajstić information content (AvgIpc) is 3.17. The van der Waals surface area contributed by atoms with E-state index in [1.165, 1.54) is 28.9 Å². The summed E-state index contributed by atoms with van der Waals surface area (Å²) in [4.78, 5) is 2.50. The number of benzene rings is 2. The lowest BCUT2D eigenvalue weighted by Crippen LogP contribution is -2.43. The predicted octanol–water partition coefficient (Wildman–Crippen LogP) is 4.19. The fourth-order valence-corrected chi connectivity index (χ4v) is 4.90. The topological polar surface area (TPSA) is 15.3 Å². The molecule has 25 heavy (non-hydrogen) atoms. The Morgan fingerprint density at radius 3 is 2.80 bits per heavy atom. The van der Waals surface area contributed by atoms with Gasteiger partial charge in [-0.05, 0) is 59.8 Å². The Labute approximate surface area is 144 Å². The number of hydrogen-bond donors (Lipinski definition) is 1. The molecule has 0 amide bonds.